The van der Waals surface area contributed by atoms with E-state index in [1.165, 1.54) is 22.6 Å². The van der Waals surface area contributed by atoms with Crippen molar-refractivity contribution in [3.05, 3.63) is 76.6 Å². The molecular weight excluding hydrogens is 433 g/mol. The number of phenols is 1. The Kier molecular flexibility index (Phi) is 5.86. The second-order valence-electron chi connectivity index (χ2n) is 9.59. The van der Waals surface area contributed by atoms with Crippen LogP contribution in [0.5, 0.6) is 5.75 Å². The van der Waals surface area contributed by atoms with Gasteiger partial charge in [0.15, 0.2) is 11.6 Å². The first-order chi connectivity index (χ1) is 16.3. The average molecular weight is 462 g/mol. The van der Waals surface area contributed by atoms with Crippen LogP contribution in [0.2, 0.25) is 0 Å². The third-order valence-electron chi connectivity index (χ3n) is 7.35. The van der Waals surface area contributed by atoms with Gasteiger partial charge in [-0.05, 0) is 68.5 Å². The summed E-state index contributed by atoms with van der Waals surface area (Å²) < 4.78 is 19.8. The Hall–Kier alpha value is -3.25. The number of carbonyl (C=O) groups is 2. The zero-order chi connectivity index (χ0) is 24.0. The first kappa shape index (κ1) is 22.5. The van der Waals surface area contributed by atoms with Crippen molar-refractivity contribution in [3.8, 4) is 5.75 Å². The van der Waals surface area contributed by atoms with Gasteiger partial charge in [0.2, 0.25) is 11.8 Å². The van der Waals surface area contributed by atoms with E-state index in [0.29, 0.717) is 24.3 Å². The number of phenolic OH excluding ortho intramolecular Hbond substituents is 1. The third-order valence-corrected chi connectivity index (χ3v) is 7.35. The van der Waals surface area contributed by atoms with Gasteiger partial charge in [0, 0.05) is 5.92 Å². The van der Waals surface area contributed by atoms with Crippen LogP contribution in [0.3, 0.4) is 0 Å². The van der Waals surface area contributed by atoms with Crippen LogP contribution in [-0.2, 0) is 14.3 Å². The number of para-hydroxylation sites is 1. The van der Waals surface area contributed by atoms with Crippen molar-refractivity contribution in [2.75, 3.05) is 11.5 Å². The first-order valence-electron chi connectivity index (χ1n) is 11.7. The number of anilines is 1. The highest BCUT2D eigenvalue weighted by atomic mass is 19.1. The van der Waals surface area contributed by atoms with E-state index in [9.17, 15) is 19.1 Å². The molecule has 34 heavy (non-hydrogen) atoms. The number of allylic oxidation sites excluding steroid dienone is 2. The minimum absolute atomic E-state index is 0.0654. The van der Waals surface area contributed by atoms with Crippen molar-refractivity contribution in [2.24, 2.45) is 17.8 Å². The van der Waals surface area contributed by atoms with E-state index >= 15 is 0 Å². The summed E-state index contributed by atoms with van der Waals surface area (Å²) in [4.78, 5) is 28.0. The van der Waals surface area contributed by atoms with Crippen molar-refractivity contribution in [1.29, 1.82) is 0 Å². The zero-order valence-electron chi connectivity index (χ0n) is 19.3. The molecule has 2 saturated heterocycles. The third kappa shape index (κ3) is 3.86. The van der Waals surface area contributed by atoms with Gasteiger partial charge in [-0.3, -0.25) is 14.5 Å². The quantitative estimate of drug-likeness (QED) is 0.488. The SMILES string of the molecule is CC1=C2[C@@H](CC/C(C)=C/c3ccc(O)c(F)c3)OC[C@@H]2[C@@H]2C(=O)N(c3ccccc3)C(=O)[C@@H]2C1. The fraction of sp³-hybridized carbons (Fsp3) is 0.357. The van der Waals surface area contributed by atoms with Gasteiger partial charge in [-0.2, -0.15) is 0 Å². The highest BCUT2D eigenvalue weighted by Gasteiger charge is 2.56. The van der Waals surface area contributed by atoms with E-state index in [4.69, 9.17) is 4.74 Å². The van der Waals surface area contributed by atoms with Gasteiger partial charge in [-0.1, -0.05) is 41.5 Å². The molecular formula is C28H28FNO4. The number of hydrogen-bond acceptors (Lipinski definition) is 4. The number of amides is 2. The number of carbonyl (C=O) groups excluding carboxylic acids is 2. The lowest BCUT2D eigenvalue weighted by molar-refractivity contribution is -0.122. The highest BCUT2D eigenvalue weighted by molar-refractivity contribution is 6.22. The molecule has 0 bridgehead atoms. The van der Waals surface area contributed by atoms with Gasteiger partial charge in [0.1, 0.15) is 0 Å². The van der Waals surface area contributed by atoms with Crippen LogP contribution >= 0.6 is 0 Å². The molecule has 2 fully saturated rings. The van der Waals surface area contributed by atoms with Crippen molar-refractivity contribution in [3.63, 3.8) is 0 Å². The molecule has 3 aliphatic rings. The van der Waals surface area contributed by atoms with Crippen molar-refractivity contribution < 1.29 is 23.8 Å². The summed E-state index contributed by atoms with van der Waals surface area (Å²) in [6.45, 7) is 4.50. The van der Waals surface area contributed by atoms with Crippen LogP contribution in [0.4, 0.5) is 10.1 Å². The van der Waals surface area contributed by atoms with Crippen LogP contribution in [0.1, 0.15) is 38.7 Å². The number of nitrogens with zero attached hydrogens (tertiary/aromatic N) is 1. The summed E-state index contributed by atoms with van der Waals surface area (Å²) in [5, 5.41) is 9.38. The fourth-order valence-corrected chi connectivity index (χ4v) is 5.79. The summed E-state index contributed by atoms with van der Waals surface area (Å²) in [7, 11) is 0. The highest BCUT2D eigenvalue weighted by Crippen LogP contribution is 2.50. The Morgan fingerprint density at radius 3 is 2.65 bits per heavy atom. The minimum Gasteiger partial charge on any atom is -0.505 e. The lowest BCUT2D eigenvalue weighted by Gasteiger charge is -2.30. The Bertz CT molecular complexity index is 1200. The van der Waals surface area contributed by atoms with Crippen LogP contribution in [0.25, 0.3) is 6.08 Å². The van der Waals surface area contributed by atoms with E-state index in [0.717, 1.165) is 24.0 Å². The smallest absolute Gasteiger partial charge is 0.238 e. The maximum atomic E-state index is 13.6. The summed E-state index contributed by atoms with van der Waals surface area (Å²) >= 11 is 0. The van der Waals surface area contributed by atoms with E-state index in [-0.39, 0.29) is 41.4 Å². The molecule has 2 aromatic rings. The summed E-state index contributed by atoms with van der Waals surface area (Å²) in [6.07, 6.45) is 3.93. The zero-order valence-corrected chi connectivity index (χ0v) is 19.3. The van der Waals surface area contributed by atoms with Gasteiger partial charge in [0.25, 0.3) is 0 Å². The lowest BCUT2D eigenvalue weighted by atomic mass is 9.70. The summed E-state index contributed by atoms with van der Waals surface area (Å²) in [5.74, 6) is -1.98. The molecule has 0 spiro atoms. The molecule has 176 valence electrons. The number of fused-ring (bicyclic) bond motifs is 3. The van der Waals surface area contributed by atoms with Crippen molar-refractivity contribution in [2.45, 2.75) is 39.2 Å². The molecule has 0 unspecified atom stereocenters. The molecule has 2 heterocycles. The second-order valence-corrected chi connectivity index (χ2v) is 9.59. The molecule has 4 atom stereocenters. The fourth-order valence-electron chi connectivity index (χ4n) is 5.79. The number of rotatable bonds is 5. The Morgan fingerprint density at radius 1 is 1.15 bits per heavy atom. The van der Waals surface area contributed by atoms with E-state index in [2.05, 4.69) is 6.92 Å². The number of hydrogen-bond donors (Lipinski definition) is 1. The number of imide groups is 1. The standard InChI is InChI=1S/C28H28FNO4/c1-16(12-18-9-10-23(31)22(29)14-18)8-11-24-25-17(2)13-20-26(21(25)15-34-24)28(33)30(27(20)32)19-6-4-3-5-7-19/h3-7,9-10,12,14,20-21,24,26,31H,8,11,13,15H2,1-2H3/b16-12+/t20-,21+,24-,26-/m1/s1. The maximum Gasteiger partial charge on any atom is 0.238 e. The number of benzene rings is 2. The van der Waals surface area contributed by atoms with Crippen LogP contribution in [-0.4, -0.2) is 29.6 Å². The molecule has 0 aromatic heterocycles. The molecule has 2 aliphatic heterocycles. The predicted octanol–water partition coefficient (Wildman–Crippen LogP) is 5.26. The Labute approximate surface area is 198 Å². The van der Waals surface area contributed by atoms with Gasteiger partial charge in [0.05, 0.1) is 30.2 Å². The van der Waals surface area contributed by atoms with Crippen molar-refractivity contribution in [1.82, 2.24) is 0 Å². The van der Waals surface area contributed by atoms with Gasteiger partial charge < -0.3 is 9.84 Å². The van der Waals surface area contributed by atoms with Gasteiger partial charge in [-0.15, -0.1) is 0 Å². The number of ether oxygens (including phenoxy) is 1. The molecule has 2 amide bonds. The van der Waals surface area contributed by atoms with Gasteiger partial charge >= 0.3 is 0 Å². The van der Waals surface area contributed by atoms with Gasteiger partial charge in [-0.25, -0.2) is 4.39 Å². The molecule has 0 saturated carbocycles. The molecule has 1 aliphatic carbocycles. The largest absolute Gasteiger partial charge is 0.505 e. The van der Waals surface area contributed by atoms with Crippen LogP contribution in [0.15, 0.2) is 65.3 Å². The van der Waals surface area contributed by atoms with Crippen LogP contribution in [0, 0.1) is 23.6 Å². The summed E-state index contributed by atoms with van der Waals surface area (Å²) in [5.41, 5.74) is 4.75. The normalized spacial score (nSPS) is 26.8. The van der Waals surface area contributed by atoms with Crippen LogP contribution < -0.4 is 4.90 Å². The van der Waals surface area contributed by atoms with E-state index in [1.807, 2.05) is 31.2 Å². The van der Waals surface area contributed by atoms with E-state index in [1.54, 1.807) is 18.2 Å². The number of aromatic hydroxyl groups is 1. The van der Waals surface area contributed by atoms with E-state index < -0.39 is 5.82 Å². The van der Waals surface area contributed by atoms with Crippen molar-refractivity contribution >= 4 is 23.6 Å². The molecule has 5 rings (SSSR count). The molecule has 1 N–H and O–H groups in total. The first-order valence-corrected chi connectivity index (χ1v) is 11.7. The Balaban J connectivity index is 1.32. The average Bonchev–Trinajstić information content (AvgIpc) is 3.35. The molecule has 6 heteroatoms. The molecule has 0 radical (unpaired) electrons. The second kappa shape index (κ2) is 8.84. The number of halogens is 1. The monoisotopic (exact) mass is 461 g/mol. The molecule has 2 aromatic carbocycles. The topological polar surface area (TPSA) is 66.8 Å². The maximum absolute atomic E-state index is 13.6. The molecule has 5 nitrogen and oxygen atoms in total. The minimum atomic E-state index is -0.638. The lowest BCUT2D eigenvalue weighted by Crippen LogP contribution is -2.34. The summed E-state index contributed by atoms with van der Waals surface area (Å²) in [6, 6.07) is 13.5. The Morgan fingerprint density at radius 2 is 1.91 bits per heavy atom. The predicted molar refractivity (Wildman–Crippen MR) is 127 cm³/mol.